The number of alkyl halides is 2. The van der Waals surface area contributed by atoms with Crippen LogP contribution in [0.2, 0.25) is 61.9 Å². The van der Waals surface area contributed by atoms with E-state index in [4.69, 9.17) is 23.1 Å². The van der Waals surface area contributed by atoms with E-state index in [0.717, 1.165) is 19.2 Å². The average molecular weight is 653 g/mol. The van der Waals surface area contributed by atoms with Crippen LogP contribution in [0.5, 0.6) is 0 Å². The summed E-state index contributed by atoms with van der Waals surface area (Å²) in [5.41, 5.74) is -0.406. The van der Waals surface area contributed by atoms with Gasteiger partial charge in [-0.1, -0.05) is 67.8 Å². The minimum atomic E-state index is -3.41. The Morgan fingerprint density at radius 3 is 1.83 bits per heavy atom. The van der Waals surface area contributed by atoms with Crippen LogP contribution in [0, 0.1) is 0 Å². The van der Waals surface area contributed by atoms with Gasteiger partial charge in [0.15, 0.2) is 16.6 Å². The van der Waals surface area contributed by atoms with E-state index in [2.05, 4.69) is 94.0 Å². The molecule has 0 aromatic rings. The van der Waals surface area contributed by atoms with Crippen molar-refractivity contribution >= 4 is 30.7 Å². The van der Waals surface area contributed by atoms with E-state index < -0.39 is 54.4 Å². The number of hydrogen-bond acceptors (Lipinski definition) is 6. The topological polar surface area (TPSA) is 63.2 Å². The number of halogens is 2. The van der Waals surface area contributed by atoms with E-state index in [0.29, 0.717) is 12.7 Å². The summed E-state index contributed by atoms with van der Waals surface area (Å²) >= 11 is 0. The van der Waals surface area contributed by atoms with Gasteiger partial charge in [0.25, 0.3) is 5.92 Å². The molecule has 248 valence electrons. The van der Waals surface area contributed by atoms with Crippen LogP contribution in [0.25, 0.3) is 0 Å². The van der Waals surface area contributed by atoms with Gasteiger partial charge >= 0.3 is 5.97 Å². The first-order chi connectivity index (χ1) is 18.7. The van der Waals surface area contributed by atoms with Crippen LogP contribution < -0.4 is 0 Å². The molecular weight excluding hydrogens is 591 g/mol. The molecular formula is C31H62F2O6Si3. The van der Waals surface area contributed by atoms with E-state index in [1.807, 2.05) is 6.92 Å². The predicted octanol–water partition coefficient (Wildman–Crippen LogP) is 9.19. The Kier molecular flexibility index (Phi) is 15.8. The lowest BCUT2D eigenvalue weighted by atomic mass is 9.96. The Morgan fingerprint density at radius 1 is 0.905 bits per heavy atom. The second-order valence-electron chi connectivity index (χ2n) is 15.6. The van der Waals surface area contributed by atoms with Gasteiger partial charge in [-0.3, -0.25) is 0 Å². The maximum Gasteiger partial charge on any atom is 0.330 e. The molecule has 3 atom stereocenters. The molecule has 42 heavy (non-hydrogen) atoms. The Labute approximate surface area is 259 Å². The monoisotopic (exact) mass is 652 g/mol. The fourth-order valence-corrected chi connectivity index (χ4v) is 7.14. The SMILES string of the molecule is C=CC(F)(F)/C(=C/C(=O)OC)C[C@@H](C[C@@H](OCOCC[Si](C)(C)C)[C@@H](C)O[Si](C)(C)C(C)(C)C)O[Si](C)(C)C(C)(C)C. The first-order valence-electron chi connectivity index (χ1n) is 15.0. The molecule has 0 saturated carbocycles. The van der Waals surface area contributed by atoms with Crippen LogP contribution in [0.3, 0.4) is 0 Å². The van der Waals surface area contributed by atoms with Crippen molar-refractivity contribution in [2.75, 3.05) is 20.5 Å². The van der Waals surface area contributed by atoms with Crippen LogP contribution >= 0.6 is 0 Å². The summed E-state index contributed by atoms with van der Waals surface area (Å²) in [5, 5.41) is -0.197. The molecule has 0 unspecified atom stereocenters. The lowest BCUT2D eigenvalue weighted by molar-refractivity contribution is -0.135. The number of carbonyl (C=O) groups excluding carboxylic acids is 1. The Morgan fingerprint density at radius 2 is 1.40 bits per heavy atom. The highest BCUT2D eigenvalue weighted by Gasteiger charge is 2.44. The molecule has 0 spiro atoms. The zero-order valence-electron chi connectivity index (χ0n) is 29.3. The molecule has 0 aliphatic heterocycles. The number of methoxy groups -OCH3 is 1. The lowest BCUT2D eigenvalue weighted by Gasteiger charge is -2.43. The molecule has 0 aromatic heterocycles. The highest BCUT2D eigenvalue weighted by molar-refractivity contribution is 6.76. The predicted molar refractivity (Wildman–Crippen MR) is 178 cm³/mol. The Bertz CT molecular complexity index is 887. The van der Waals surface area contributed by atoms with Gasteiger partial charge in [0, 0.05) is 39.2 Å². The normalized spacial score (nSPS) is 16.6. The zero-order chi connectivity index (χ0) is 33.4. The van der Waals surface area contributed by atoms with Crippen molar-refractivity contribution < 1.29 is 36.6 Å². The molecule has 0 N–H and O–H groups in total. The van der Waals surface area contributed by atoms with Gasteiger partial charge in [0.2, 0.25) is 0 Å². The first-order valence-corrected chi connectivity index (χ1v) is 24.6. The van der Waals surface area contributed by atoms with Gasteiger partial charge in [0.05, 0.1) is 25.4 Å². The van der Waals surface area contributed by atoms with Crippen LogP contribution in [0.4, 0.5) is 8.78 Å². The fourth-order valence-electron chi connectivity index (χ4n) is 3.58. The highest BCUT2D eigenvalue weighted by atomic mass is 28.4. The van der Waals surface area contributed by atoms with E-state index in [-0.39, 0.29) is 35.8 Å². The van der Waals surface area contributed by atoms with Gasteiger partial charge in [-0.05, 0) is 55.3 Å². The number of carbonyl (C=O) groups is 1. The molecule has 0 aliphatic rings. The first kappa shape index (κ1) is 41.3. The summed E-state index contributed by atoms with van der Waals surface area (Å²) in [6.45, 7) is 34.2. The third-order valence-electron chi connectivity index (χ3n) is 8.56. The van der Waals surface area contributed by atoms with Crippen LogP contribution in [0.1, 0.15) is 61.3 Å². The van der Waals surface area contributed by atoms with Crippen molar-refractivity contribution in [2.24, 2.45) is 0 Å². The maximum atomic E-state index is 15.1. The molecule has 0 aliphatic carbocycles. The van der Waals surface area contributed by atoms with E-state index in [9.17, 15) is 4.79 Å². The largest absolute Gasteiger partial charge is 0.466 e. The summed E-state index contributed by atoms with van der Waals surface area (Å²) in [5.74, 6) is -4.26. The van der Waals surface area contributed by atoms with Crippen molar-refractivity contribution in [3.05, 3.63) is 24.3 Å². The second-order valence-corrected chi connectivity index (χ2v) is 30.7. The van der Waals surface area contributed by atoms with E-state index >= 15 is 8.78 Å². The van der Waals surface area contributed by atoms with Crippen LogP contribution in [0.15, 0.2) is 24.3 Å². The molecule has 11 heteroatoms. The molecule has 0 saturated heterocycles. The minimum Gasteiger partial charge on any atom is -0.466 e. The Hall–Kier alpha value is -0.699. The van der Waals surface area contributed by atoms with Gasteiger partial charge in [-0.15, -0.1) is 0 Å². The van der Waals surface area contributed by atoms with Crippen LogP contribution in [-0.2, 0) is 27.9 Å². The summed E-state index contributed by atoms with van der Waals surface area (Å²) in [7, 11) is -4.72. The van der Waals surface area contributed by atoms with Crippen molar-refractivity contribution in [1.29, 1.82) is 0 Å². The van der Waals surface area contributed by atoms with Gasteiger partial charge in [-0.2, -0.15) is 8.78 Å². The molecule has 0 radical (unpaired) electrons. The third kappa shape index (κ3) is 14.4. The van der Waals surface area contributed by atoms with E-state index in [1.54, 1.807) is 0 Å². The number of ether oxygens (including phenoxy) is 3. The second kappa shape index (κ2) is 16.0. The number of rotatable bonds is 18. The number of hydrogen-bond donors (Lipinski definition) is 0. The molecule has 0 amide bonds. The summed E-state index contributed by atoms with van der Waals surface area (Å²) in [6.07, 6.45) is -0.00840. The Balaban J connectivity index is 6.49. The standard InChI is InChI=1S/C31H62F2O6Si3/c1-17-31(32,33)25(21-28(34)35-9)20-26(39-42(15,16)30(6,7)8)22-27(37-23-36-18-19-40(10,11)12)24(2)38-41(13,14)29(3,4)5/h17,21,24,26-27H,1,18-20,22-23H2,2-16H3/b25-21+/t24-,26+,27-/m1/s1. The molecule has 0 aromatic carbocycles. The zero-order valence-corrected chi connectivity index (χ0v) is 32.3. The van der Waals surface area contributed by atoms with Crippen LogP contribution in [-0.4, -0.2) is 75.4 Å². The molecule has 6 nitrogen and oxygen atoms in total. The smallest absolute Gasteiger partial charge is 0.330 e. The van der Waals surface area contributed by atoms with Crippen molar-refractivity contribution in [2.45, 2.75) is 147 Å². The quantitative estimate of drug-likeness (QED) is 0.0367. The van der Waals surface area contributed by atoms with Gasteiger partial charge in [0.1, 0.15) is 6.79 Å². The summed E-state index contributed by atoms with van der Waals surface area (Å²) in [4.78, 5) is 12.1. The average Bonchev–Trinajstić information content (AvgIpc) is 2.79. The molecule has 0 fully saturated rings. The minimum absolute atomic E-state index is 0.0286. The van der Waals surface area contributed by atoms with Gasteiger partial charge < -0.3 is 23.1 Å². The lowest BCUT2D eigenvalue weighted by Crippen LogP contribution is -2.49. The molecule has 0 bridgehead atoms. The molecule has 0 rings (SSSR count). The third-order valence-corrected chi connectivity index (χ3v) is 19.4. The number of esters is 1. The summed E-state index contributed by atoms with van der Waals surface area (Å²) in [6, 6.07) is 1.01. The van der Waals surface area contributed by atoms with Crippen molar-refractivity contribution in [3.63, 3.8) is 0 Å². The van der Waals surface area contributed by atoms with Crippen molar-refractivity contribution in [3.8, 4) is 0 Å². The highest BCUT2D eigenvalue weighted by Crippen LogP contribution is 2.41. The van der Waals surface area contributed by atoms with E-state index in [1.165, 1.54) is 0 Å². The summed E-state index contributed by atoms with van der Waals surface area (Å²) < 4.78 is 60.5. The maximum absolute atomic E-state index is 15.1. The van der Waals surface area contributed by atoms with Crippen molar-refractivity contribution in [1.82, 2.24) is 0 Å². The number of allylic oxidation sites excluding steroid dienone is 1. The van der Waals surface area contributed by atoms with Gasteiger partial charge in [-0.25, -0.2) is 4.79 Å². The fraction of sp³-hybridized carbons (Fsp3) is 0.839. The molecule has 0 heterocycles.